The monoisotopic (exact) mass is 148 g/mol. The molecule has 2 nitrogen and oxygen atoms in total. The minimum atomic E-state index is -0.589. The van der Waals surface area contributed by atoms with Crippen LogP contribution >= 0.6 is 0 Å². The zero-order valence-electron chi connectivity index (χ0n) is 6.71. The number of hydrogen-bond acceptors (Lipinski definition) is 2. The van der Waals surface area contributed by atoms with Crippen molar-refractivity contribution in [1.82, 2.24) is 0 Å². The molecular weight excluding hydrogens is 135 g/mol. The summed E-state index contributed by atoms with van der Waals surface area (Å²) in [6, 6.07) is 2.42. The molecule has 2 radical (unpaired) electrons. The second kappa shape index (κ2) is 3.27. The Morgan fingerprint density at radius 3 is 2.82 bits per heavy atom. The van der Waals surface area contributed by atoms with Gasteiger partial charge in [-0.25, -0.2) is 0 Å². The van der Waals surface area contributed by atoms with E-state index in [2.05, 4.69) is 6.07 Å². The first kappa shape index (κ1) is 8.61. The predicted molar refractivity (Wildman–Crippen MR) is 45.1 cm³/mol. The summed E-state index contributed by atoms with van der Waals surface area (Å²) in [5.41, 5.74) is 5.75. The van der Waals surface area contributed by atoms with Gasteiger partial charge in [-0.05, 0) is 25.7 Å². The van der Waals surface area contributed by atoms with Crippen LogP contribution in [0.2, 0.25) is 5.31 Å². The first-order chi connectivity index (χ1) is 5.16. The molecule has 3 heteroatoms. The number of nitriles is 1. The molecule has 0 bridgehead atoms. The van der Waals surface area contributed by atoms with Crippen molar-refractivity contribution in [2.45, 2.75) is 43.5 Å². The third-order valence-electron chi connectivity index (χ3n) is 2.38. The Bertz CT molecular complexity index is 175. The molecule has 0 aromatic carbocycles. The Labute approximate surface area is 69.2 Å². The summed E-state index contributed by atoms with van der Waals surface area (Å²) in [5, 5.41) is 8.16. The smallest absolute Gasteiger partial charge is 0.0951 e. The SMILES string of the molecule is [B]C1(C#N)CCCC(N)CC1. The number of nitrogens with zero attached hydrogens (tertiary/aromatic N) is 1. The minimum Gasteiger partial charge on any atom is -0.328 e. The summed E-state index contributed by atoms with van der Waals surface area (Å²) in [6.45, 7) is 0. The molecule has 0 saturated heterocycles. The lowest BCUT2D eigenvalue weighted by Crippen LogP contribution is -2.18. The summed E-state index contributed by atoms with van der Waals surface area (Å²) in [5.74, 6) is 0. The maximum absolute atomic E-state index is 8.75. The second-order valence-electron chi connectivity index (χ2n) is 3.46. The van der Waals surface area contributed by atoms with Crippen LogP contribution in [0.1, 0.15) is 32.1 Å². The van der Waals surface area contributed by atoms with Gasteiger partial charge in [-0.3, -0.25) is 0 Å². The molecule has 58 valence electrons. The van der Waals surface area contributed by atoms with Crippen molar-refractivity contribution in [1.29, 1.82) is 5.26 Å². The largest absolute Gasteiger partial charge is 0.328 e. The van der Waals surface area contributed by atoms with Gasteiger partial charge in [-0.2, -0.15) is 5.26 Å². The molecular formula is C8H13BN2. The molecule has 11 heavy (non-hydrogen) atoms. The van der Waals surface area contributed by atoms with Crippen LogP contribution in [-0.2, 0) is 0 Å². The van der Waals surface area contributed by atoms with Crippen molar-refractivity contribution in [3.8, 4) is 6.07 Å². The van der Waals surface area contributed by atoms with Crippen LogP contribution in [0.5, 0.6) is 0 Å². The third kappa shape index (κ3) is 2.23. The van der Waals surface area contributed by atoms with Gasteiger partial charge in [0.05, 0.1) is 13.9 Å². The van der Waals surface area contributed by atoms with Crippen molar-refractivity contribution in [3.05, 3.63) is 0 Å². The van der Waals surface area contributed by atoms with Crippen LogP contribution in [0.3, 0.4) is 0 Å². The highest BCUT2D eigenvalue weighted by molar-refractivity contribution is 6.17. The Kier molecular flexibility index (Phi) is 2.56. The fraction of sp³-hybridized carbons (Fsp3) is 0.875. The molecule has 1 aliphatic carbocycles. The van der Waals surface area contributed by atoms with E-state index in [1.165, 1.54) is 0 Å². The summed E-state index contributed by atoms with van der Waals surface area (Å²) in [6.07, 6.45) is 4.46. The average Bonchev–Trinajstić information content (AvgIpc) is 2.15. The summed E-state index contributed by atoms with van der Waals surface area (Å²) >= 11 is 0. The third-order valence-corrected chi connectivity index (χ3v) is 2.38. The quantitative estimate of drug-likeness (QED) is 0.413. The topological polar surface area (TPSA) is 49.8 Å². The average molecular weight is 148 g/mol. The second-order valence-corrected chi connectivity index (χ2v) is 3.46. The van der Waals surface area contributed by atoms with Crippen molar-refractivity contribution < 1.29 is 0 Å². The highest BCUT2D eigenvalue weighted by Crippen LogP contribution is 2.36. The minimum absolute atomic E-state index is 0.258. The molecule has 1 aliphatic rings. The van der Waals surface area contributed by atoms with Gasteiger partial charge in [-0.1, -0.05) is 6.42 Å². The molecule has 0 aromatic rings. The zero-order chi connectivity index (χ0) is 8.32. The van der Waals surface area contributed by atoms with Crippen LogP contribution in [0.4, 0.5) is 0 Å². The van der Waals surface area contributed by atoms with E-state index in [1.54, 1.807) is 0 Å². The van der Waals surface area contributed by atoms with E-state index in [1.807, 2.05) is 0 Å². The number of rotatable bonds is 0. The van der Waals surface area contributed by atoms with Gasteiger partial charge in [0.25, 0.3) is 0 Å². The van der Waals surface area contributed by atoms with Gasteiger partial charge in [0.15, 0.2) is 0 Å². The molecule has 2 unspecified atom stereocenters. The predicted octanol–water partition coefficient (Wildman–Crippen LogP) is 1.13. The normalized spacial score (nSPS) is 39.1. The van der Waals surface area contributed by atoms with Gasteiger partial charge in [-0.15, -0.1) is 0 Å². The first-order valence-electron chi connectivity index (χ1n) is 4.12. The van der Waals surface area contributed by atoms with Crippen LogP contribution in [0.15, 0.2) is 0 Å². The van der Waals surface area contributed by atoms with Crippen LogP contribution in [-0.4, -0.2) is 13.9 Å². The van der Waals surface area contributed by atoms with Crippen LogP contribution < -0.4 is 5.73 Å². The summed E-state index contributed by atoms with van der Waals surface area (Å²) < 4.78 is 0. The first-order valence-corrected chi connectivity index (χ1v) is 4.12. The van der Waals surface area contributed by atoms with E-state index in [-0.39, 0.29) is 6.04 Å². The molecule has 0 heterocycles. The van der Waals surface area contributed by atoms with Gasteiger partial charge < -0.3 is 5.73 Å². The number of nitrogens with two attached hydrogens (primary N) is 1. The van der Waals surface area contributed by atoms with Crippen molar-refractivity contribution in [2.75, 3.05) is 0 Å². The van der Waals surface area contributed by atoms with E-state index in [4.69, 9.17) is 18.8 Å². The molecule has 1 fully saturated rings. The molecule has 1 saturated carbocycles. The van der Waals surface area contributed by atoms with Crippen molar-refractivity contribution in [3.63, 3.8) is 0 Å². The van der Waals surface area contributed by atoms with E-state index in [0.29, 0.717) is 0 Å². The maximum atomic E-state index is 8.75. The van der Waals surface area contributed by atoms with E-state index in [0.717, 1.165) is 32.1 Å². The lowest BCUT2D eigenvalue weighted by molar-refractivity contribution is 0.569. The Balaban J connectivity index is 2.54. The molecule has 0 aliphatic heterocycles. The summed E-state index contributed by atoms with van der Waals surface area (Å²) in [7, 11) is 5.80. The van der Waals surface area contributed by atoms with Crippen molar-refractivity contribution >= 4 is 7.85 Å². The highest BCUT2D eigenvalue weighted by Gasteiger charge is 2.26. The Morgan fingerprint density at radius 1 is 1.45 bits per heavy atom. The fourth-order valence-corrected chi connectivity index (χ4v) is 1.50. The Morgan fingerprint density at radius 2 is 2.18 bits per heavy atom. The standard InChI is InChI=1S/C8H13BN2/c9-8(6-10)4-1-2-7(11)3-5-8/h7H,1-5,11H2. The van der Waals surface area contributed by atoms with Crippen molar-refractivity contribution in [2.24, 2.45) is 5.73 Å². The van der Waals surface area contributed by atoms with E-state index in [9.17, 15) is 0 Å². The lowest BCUT2D eigenvalue weighted by atomic mass is 9.65. The van der Waals surface area contributed by atoms with Gasteiger partial charge in [0, 0.05) is 11.4 Å². The van der Waals surface area contributed by atoms with Gasteiger partial charge >= 0.3 is 0 Å². The molecule has 0 amide bonds. The van der Waals surface area contributed by atoms with Crippen LogP contribution in [0.25, 0.3) is 0 Å². The van der Waals surface area contributed by atoms with E-state index >= 15 is 0 Å². The molecule has 1 rings (SSSR count). The zero-order valence-corrected chi connectivity index (χ0v) is 6.71. The highest BCUT2D eigenvalue weighted by atomic mass is 14.6. The maximum Gasteiger partial charge on any atom is 0.0951 e. The van der Waals surface area contributed by atoms with Crippen LogP contribution in [0, 0.1) is 11.3 Å². The van der Waals surface area contributed by atoms with E-state index < -0.39 is 5.31 Å². The lowest BCUT2D eigenvalue weighted by Gasteiger charge is -2.18. The molecule has 0 aromatic heterocycles. The Hall–Kier alpha value is -0.485. The molecule has 2 atom stereocenters. The van der Waals surface area contributed by atoms with Gasteiger partial charge in [0.1, 0.15) is 0 Å². The van der Waals surface area contributed by atoms with Gasteiger partial charge in [0.2, 0.25) is 0 Å². The molecule has 0 spiro atoms. The summed E-state index contributed by atoms with van der Waals surface area (Å²) in [4.78, 5) is 0. The fourth-order valence-electron chi connectivity index (χ4n) is 1.50. The molecule has 2 N–H and O–H groups in total. The number of hydrogen-bond donors (Lipinski definition) is 1.